The number of hydrogen-bond acceptors (Lipinski definition) is 5. The Kier molecular flexibility index (Phi) is 5.45. The van der Waals surface area contributed by atoms with Crippen LogP contribution in [0.3, 0.4) is 0 Å². The van der Waals surface area contributed by atoms with E-state index in [-0.39, 0.29) is 11.7 Å². The van der Waals surface area contributed by atoms with Gasteiger partial charge in [-0.1, -0.05) is 34.6 Å². The lowest BCUT2D eigenvalue weighted by molar-refractivity contribution is -0.129. The second-order valence-electron chi connectivity index (χ2n) is 5.98. The third-order valence-electron chi connectivity index (χ3n) is 4.14. The van der Waals surface area contributed by atoms with Crippen molar-refractivity contribution < 1.29 is 9.90 Å². The monoisotopic (exact) mass is 410 g/mol. The first-order valence-corrected chi connectivity index (χ1v) is 9.62. The Morgan fingerprint density at radius 1 is 1.46 bits per heavy atom. The lowest BCUT2D eigenvalue weighted by Gasteiger charge is -2.30. The number of H-pyrrole nitrogens is 1. The number of carbonyl (C=O) groups is 1. The summed E-state index contributed by atoms with van der Waals surface area (Å²) in [5.41, 5.74) is 0.570. The van der Waals surface area contributed by atoms with Crippen molar-refractivity contribution >= 4 is 33.6 Å². The van der Waals surface area contributed by atoms with Crippen LogP contribution in [-0.2, 0) is 4.79 Å². The standard InChI is InChI=1S/C16H19BrN4O2S/c1-10-4-6-21(7-5-10)14(23)9-24-16-18-15(19-20-16)12-8-11(17)2-3-13(12)22/h2-3,8,10,22H,4-7,9H2,1H3,(H,18,19,20). The minimum Gasteiger partial charge on any atom is -0.507 e. The van der Waals surface area contributed by atoms with E-state index in [9.17, 15) is 9.90 Å². The average Bonchev–Trinajstić information content (AvgIpc) is 3.04. The summed E-state index contributed by atoms with van der Waals surface area (Å²) in [5, 5.41) is 17.4. The molecule has 2 heterocycles. The summed E-state index contributed by atoms with van der Waals surface area (Å²) in [6.45, 7) is 3.90. The molecule has 0 saturated carbocycles. The van der Waals surface area contributed by atoms with Crippen LogP contribution in [0.4, 0.5) is 0 Å². The molecule has 0 spiro atoms. The molecule has 24 heavy (non-hydrogen) atoms. The number of phenolic OH excluding ortho intramolecular Hbond substituents is 1. The zero-order valence-corrected chi connectivity index (χ0v) is 15.7. The molecule has 0 unspecified atom stereocenters. The molecule has 0 aliphatic carbocycles. The molecule has 1 aliphatic rings. The molecule has 1 amide bonds. The molecule has 0 atom stereocenters. The molecule has 0 bridgehead atoms. The number of rotatable bonds is 4. The van der Waals surface area contributed by atoms with Gasteiger partial charge >= 0.3 is 0 Å². The maximum absolute atomic E-state index is 12.2. The van der Waals surface area contributed by atoms with Gasteiger partial charge in [0.25, 0.3) is 0 Å². The summed E-state index contributed by atoms with van der Waals surface area (Å²) in [6.07, 6.45) is 2.15. The Morgan fingerprint density at radius 2 is 2.21 bits per heavy atom. The van der Waals surface area contributed by atoms with E-state index in [4.69, 9.17) is 0 Å². The highest BCUT2D eigenvalue weighted by Crippen LogP contribution is 2.30. The number of aromatic amines is 1. The highest BCUT2D eigenvalue weighted by atomic mass is 79.9. The van der Waals surface area contributed by atoms with Crippen LogP contribution in [0.1, 0.15) is 19.8 Å². The third-order valence-corrected chi connectivity index (χ3v) is 5.47. The number of aromatic hydroxyl groups is 1. The van der Waals surface area contributed by atoms with Gasteiger partial charge in [-0.15, -0.1) is 5.10 Å². The summed E-state index contributed by atoms with van der Waals surface area (Å²) in [4.78, 5) is 18.5. The minimum atomic E-state index is 0.128. The highest BCUT2D eigenvalue weighted by molar-refractivity contribution is 9.10. The first kappa shape index (κ1) is 17.3. The molecule has 3 rings (SSSR count). The maximum Gasteiger partial charge on any atom is 0.233 e. The zero-order chi connectivity index (χ0) is 17.1. The number of nitrogens with zero attached hydrogens (tertiary/aromatic N) is 3. The summed E-state index contributed by atoms with van der Waals surface area (Å²) in [7, 11) is 0. The van der Waals surface area contributed by atoms with E-state index in [0.29, 0.717) is 28.2 Å². The first-order valence-electron chi connectivity index (χ1n) is 7.85. The highest BCUT2D eigenvalue weighted by Gasteiger charge is 2.21. The first-order chi connectivity index (χ1) is 11.5. The SMILES string of the molecule is CC1CCN(C(=O)CSc2n[nH]c(-c3cc(Br)ccc3O)n2)CC1. The van der Waals surface area contributed by atoms with Crippen molar-refractivity contribution in [3.63, 3.8) is 0 Å². The summed E-state index contributed by atoms with van der Waals surface area (Å²) >= 11 is 4.68. The molecular formula is C16H19BrN4O2S. The third kappa shape index (κ3) is 4.10. The lowest BCUT2D eigenvalue weighted by atomic mass is 9.99. The summed E-state index contributed by atoms with van der Waals surface area (Å²) in [5.74, 6) is 1.77. The van der Waals surface area contributed by atoms with Crippen LogP contribution in [0, 0.1) is 5.92 Å². The van der Waals surface area contributed by atoms with Crippen LogP contribution in [0.15, 0.2) is 27.8 Å². The normalized spacial score (nSPS) is 15.7. The van der Waals surface area contributed by atoms with Gasteiger partial charge in [-0.2, -0.15) is 0 Å². The molecule has 1 aromatic heterocycles. The zero-order valence-electron chi connectivity index (χ0n) is 13.3. The van der Waals surface area contributed by atoms with Crippen LogP contribution in [-0.4, -0.2) is 49.9 Å². The van der Waals surface area contributed by atoms with E-state index >= 15 is 0 Å². The molecule has 1 aromatic carbocycles. The van der Waals surface area contributed by atoms with Crippen LogP contribution in [0.2, 0.25) is 0 Å². The largest absolute Gasteiger partial charge is 0.507 e. The number of thioether (sulfide) groups is 1. The van der Waals surface area contributed by atoms with Gasteiger partial charge in [0.05, 0.1) is 11.3 Å². The number of nitrogens with one attached hydrogen (secondary N) is 1. The van der Waals surface area contributed by atoms with Crippen molar-refractivity contribution in [2.24, 2.45) is 5.92 Å². The second kappa shape index (κ2) is 7.57. The van der Waals surface area contributed by atoms with Gasteiger partial charge in [0.1, 0.15) is 5.75 Å². The number of aromatic nitrogens is 3. The molecule has 6 nitrogen and oxygen atoms in total. The van der Waals surface area contributed by atoms with Crippen molar-refractivity contribution in [1.29, 1.82) is 0 Å². The molecule has 1 saturated heterocycles. The van der Waals surface area contributed by atoms with Gasteiger partial charge in [0.15, 0.2) is 5.82 Å². The number of phenols is 1. The van der Waals surface area contributed by atoms with Gasteiger partial charge in [-0.3, -0.25) is 9.89 Å². The van der Waals surface area contributed by atoms with Gasteiger partial charge in [-0.25, -0.2) is 4.98 Å². The number of hydrogen-bond donors (Lipinski definition) is 2. The average molecular weight is 411 g/mol. The number of piperidine rings is 1. The predicted molar refractivity (Wildman–Crippen MR) is 96.9 cm³/mol. The van der Waals surface area contributed by atoms with Crippen molar-refractivity contribution in [1.82, 2.24) is 20.1 Å². The fourth-order valence-electron chi connectivity index (χ4n) is 2.60. The maximum atomic E-state index is 12.2. The van der Waals surface area contributed by atoms with Crippen molar-refractivity contribution in [2.45, 2.75) is 24.9 Å². The van der Waals surface area contributed by atoms with Crippen LogP contribution in [0.25, 0.3) is 11.4 Å². The summed E-state index contributed by atoms with van der Waals surface area (Å²) in [6, 6.07) is 5.11. The smallest absolute Gasteiger partial charge is 0.233 e. The number of halogens is 1. The number of benzene rings is 1. The number of carbonyl (C=O) groups excluding carboxylic acids is 1. The molecule has 1 fully saturated rings. The van der Waals surface area contributed by atoms with E-state index in [1.165, 1.54) is 11.8 Å². The molecular weight excluding hydrogens is 392 g/mol. The number of amides is 1. The quantitative estimate of drug-likeness (QED) is 0.755. The van der Waals surface area contributed by atoms with Crippen molar-refractivity contribution in [3.05, 3.63) is 22.7 Å². The van der Waals surface area contributed by atoms with Gasteiger partial charge < -0.3 is 10.0 Å². The Labute approximate surface area is 153 Å². The Morgan fingerprint density at radius 3 is 2.96 bits per heavy atom. The van der Waals surface area contributed by atoms with Gasteiger partial charge in [-0.05, 0) is 37.0 Å². The van der Waals surface area contributed by atoms with Crippen LogP contribution < -0.4 is 0 Å². The van der Waals surface area contributed by atoms with Crippen molar-refractivity contribution in [3.8, 4) is 17.1 Å². The Hall–Kier alpha value is -1.54. The molecule has 1 aliphatic heterocycles. The van der Waals surface area contributed by atoms with Crippen LogP contribution >= 0.6 is 27.7 Å². The fourth-order valence-corrected chi connectivity index (χ4v) is 3.67. The topological polar surface area (TPSA) is 82.1 Å². The molecule has 0 radical (unpaired) electrons. The van der Waals surface area contributed by atoms with Gasteiger partial charge in [0, 0.05) is 17.6 Å². The summed E-state index contributed by atoms with van der Waals surface area (Å²) < 4.78 is 0.843. The second-order valence-corrected chi connectivity index (χ2v) is 7.84. The van der Waals surface area contributed by atoms with Crippen LogP contribution in [0.5, 0.6) is 5.75 Å². The van der Waals surface area contributed by atoms with E-state index in [1.54, 1.807) is 18.2 Å². The Balaban J connectivity index is 1.60. The van der Waals surface area contributed by atoms with Gasteiger partial charge in [0.2, 0.25) is 11.1 Å². The molecule has 8 heteroatoms. The lowest BCUT2D eigenvalue weighted by Crippen LogP contribution is -2.38. The molecule has 128 valence electrons. The fraction of sp³-hybridized carbons (Fsp3) is 0.438. The number of likely N-dealkylation sites (tertiary alicyclic amines) is 1. The van der Waals surface area contributed by atoms with Crippen molar-refractivity contribution in [2.75, 3.05) is 18.8 Å². The Bertz CT molecular complexity index is 729. The molecule has 2 aromatic rings. The van der Waals surface area contributed by atoms with E-state index in [0.717, 1.165) is 30.4 Å². The van der Waals surface area contributed by atoms with E-state index in [2.05, 4.69) is 38.0 Å². The molecule has 2 N–H and O–H groups in total. The van der Waals surface area contributed by atoms with E-state index < -0.39 is 0 Å². The van der Waals surface area contributed by atoms with E-state index in [1.807, 2.05) is 4.90 Å². The predicted octanol–water partition coefficient (Wildman–Crippen LogP) is 3.29. The minimum absolute atomic E-state index is 0.128.